The molecule has 0 fully saturated rings. The number of carbonyl (C=O) groups is 1. The zero-order valence-electron chi connectivity index (χ0n) is 12.6. The van der Waals surface area contributed by atoms with Crippen LogP contribution in [0, 0.1) is 17.0 Å². The number of hydrogen-bond acceptors (Lipinski definition) is 4. The SMILES string of the molecule is Cc1ccc2cc(NC(=O)c3ccc(Cl)cc3[N+](=O)[O-])ccc2n1. The zero-order valence-corrected chi connectivity index (χ0v) is 13.4. The van der Waals surface area contributed by atoms with Gasteiger partial charge in [-0.15, -0.1) is 0 Å². The van der Waals surface area contributed by atoms with Crippen LogP contribution in [0.5, 0.6) is 0 Å². The van der Waals surface area contributed by atoms with Crippen molar-refractivity contribution in [2.24, 2.45) is 0 Å². The van der Waals surface area contributed by atoms with Gasteiger partial charge in [-0.3, -0.25) is 19.9 Å². The van der Waals surface area contributed by atoms with Crippen LogP contribution in [0.4, 0.5) is 11.4 Å². The average Bonchev–Trinajstić information content (AvgIpc) is 2.54. The number of amides is 1. The first-order valence-corrected chi connectivity index (χ1v) is 7.44. The number of nitro benzene ring substituents is 1. The summed E-state index contributed by atoms with van der Waals surface area (Å²) >= 11 is 5.76. The van der Waals surface area contributed by atoms with Crippen LogP contribution in [0.25, 0.3) is 10.9 Å². The molecular weight excluding hydrogens is 330 g/mol. The Hall–Kier alpha value is -2.99. The Morgan fingerprint density at radius 2 is 1.96 bits per heavy atom. The fourth-order valence-electron chi connectivity index (χ4n) is 2.35. The van der Waals surface area contributed by atoms with E-state index in [0.717, 1.165) is 22.7 Å². The van der Waals surface area contributed by atoms with Crippen molar-refractivity contribution >= 4 is 39.8 Å². The molecule has 0 atom stereocenters. The number of nitrogens with zero attached hydrogens (tertiary/aromatic N) is 2. The summed E-state index contributed by atoms with van der Waals surface area (Å²) in [6, 6.07) is 13.0. The summed E-state index contributed by atoms with van der Waals surface area (Å²) in [5.74, 6) is -0.571. The highest BCUT2D eigenvalue weighted by Gasteiger charge is 2.20. The number of carbonyl (C=O) groups excluding carboxylic acids is 1. The summed E-state index contributed by atoms with van der Waals surface area (Å²) in [5.41, 5.74) is 1.86. The van der Waals surface area contributed by atoms with Crippen LogP contribution >= 0.6 is 11.6 Å². The largest absolute Gasteiger partial charge is 0.322 e. The Morgan fingerprint density at radius 3 is 2.71 bits per heavy atom. The third kappa shape index (κ3) is 3.18. The smallest absolute Gasteiger partial charge is 0.283 e. The first-order valence-electron chi connectivity index (χ1n) is 7.07. The van der Waals surface area contributed by atoms with Gasteiger partial charge in [-0.2, -0.15) is 0 Å². The van der Waals surface area contributed by atoms with Crippen molar-refractivity contribution in [3.8, 4) is 0 Å². The highest BCUT2D eigenvalue weighted by molar-refractivity contribution is 6.31. The van der Waals surface area contributed by atoms with Crippen LogP contribution in [0.15, 0.2) is 48.5 Å². The summed E-state index contributed by atoms with van der Waals surface area (Å²) in [5, 5.41) is 14.8. The van der Waals surface area contributed by atoms with E-state index in [2.05, 4.69) is 10.3 Å². The number of nitro groups is 1. The van der Waals surface area contributed by atoms with Gasteiger partial charge in [-0.25, -0.2) is 0 Å². The predicted molar refractivity (Wildman–Crippen MR) is 92.5 cm³/mol. The molecule has 2 aromatic carbocycles. The number of aryl methyl sites for hydroxylation is 1. The van der Waals surface area contributed by atoms with E-state index in [-0.39, 0.29) is 16.3 Å². The Bertz CT molecular complexity index is 972. The van der Waals surface area contributed by atoms with Crippen LogP contribution in [-0.2, 0) is 0 Å². The predicted octanol–water partition coefficient (Wildman–Crippen LogP) is 4.36. The number of nitrogens with one attached hydrogen (secondary N) is 1. The van der Waals surface area contributed by atoms with Crippen LogP contribution < -0.4 is 5.32 Å². The van der Waals surface area contributed by atoms with E-state index in [4.69, 9.17) is 11.6 Å². The van der Waals surface area contributed by atoms with Gasteiger partial charge in [-0.1, -0.05) is 17.7 Å². The van der Waals surface area contributed by atoms with E-state index in [1.54, 1.807) is 18.2 Å². The number of hydrogen-bond donors (Lipinski definition) is 1. The van der Waals surface area contributed by atoms with Crippen LogP contribution in [0.2, 0.25) is 5.02 Å². The second-order valence-electron chi connectivity index (χ2n) is 5.23. The van der Waals surface area contributed by atoms with Crippen molar-refractivity contribution in [2.45, 2.75) is 6.92 Å². The molecular formula is C17H12ClN3O3. The van der Waals surface area contributed by atoms with Crippen LogP contribution in [0.1, 0.15) is 16.1 Å². The molecule has 0 aliphatic rings. The molecule has 3 rings (SSSR count). The Labute approximate surface area is 142 Å². The molecule has 0 saturated carbocycles. The van der Waals surface area contributed by atoms with E-state index in [1.807, 2.05) is 19.1 Å². The lowest BCUT2D eigenvalue weighted by Gasteiger charge is -2.07. The summed E-state index contributed by atoms with van der Waals surface area (Å²) in [6.45, 7) is 1.90. The van der Waals surface area contributed by atoms with E-state index in [0.29, 0.717) is 5.69 Å². The van der Waals surface area contributed by atoms with Gasteiger partial charge in [-0.05, 0) is 43.3 Å². The minimum absolute atomic E-state index is 0.0495. The molecule has 0 aliphatic carbocycles. The molecule has 0 spiro atoms. The Morgan fingerprint density at radius 1 is 1.17 bits per heavy atom. The minimum Gasteiger partial charge on any atom is -0.322 e. The molecule has 1 N–H and O–H groups in total. The Kier molecular flexibility index (Phi) is 4.14. The first kappa shape index (κ1) is 15.9. The van der Waals surface area contributed by atoms with E-state index in [9.17, 15) is 14.9 Å². The maximum atomic E-state index is 12.4. The van der Waals surface area contributed by atoms with Crippen molar-refractivity contribution in [3.63, 3.8) is 0 Å². The van der Waals surface area contributed by atoms with E-state index in [1.165, 1.54) is 12.1 Å². The first-order chi connectivity index (χ1) is 11.4. The maximum Gasteiger partial charge on any atom is 0.283 e. The molecule has 0 radical (unpaired) electrons. The average molecular weight is 342 g/mol. The minimum atomic E-state index is -0.631. The van der Waals surface area contributed by atoms with Gasteiger partial charge in [0.15, 0.2) is 0 Å². The maximum absolute atomic E-state index is 12.4. The van der Waals surface area contributed by atoms with Gasteiger partial charge in [0.05, 0.1) is 10.4 Å². The fraction of sp³-hybridized carbons (Fsp3) is 0.0588. The van der Waals surface area contributed by atoms with Crippen molar-refractivity contribution in [2.75, 3.05) is 5.32 Å². The van der Waals surface area contributed by atoms with Crippen LogP contribution in [0.3, 0.4) is 0 Å². The number of fused-ring (bicyclic) bond motifs is 1. The molecule has 0 bridgehead atoms. The molecule has 1 heterocycles. The normalized spacial score (nSPS) is 10.6. The molecule has 7 heteroatoms. The third-order valence-electron chi connectivity index (χ3n) is 3.49. The lowest BCUT2D eigenvalue weighted by molar-refractivity contribution is -0.385. The summed E-state index contributed by atoms with van der Waals surface area (Å²) in [7, 11) is 0. The van der Waals surface area contributed by atoms with E-state index >= 15 is 0 Å². The Balaban J connectivity index is 1.93. The van der Waals surface area contributed by atoms with Gasteiger partial charge in [0.25, 0.3) is 11.6 Å². The highest BCUT2D eigenvalue weighted by Crippen LogP contribution is 2.25. The van der Waals surface area contributed by atoms with Gasteiger partial charge in [0, 0.05) is 27.9 Å². The highest BCUT2D eigenvalue weighted by atomic mass is 35.5. The lowest BCUT2D eigenvalue weighted by Crippen LogP contribution is -2.14. The number of pyridine rings is 1. The monoisotopic (exact) mass is 341 g/mol. The second-order valence-corrected chi connectivity index (χ2v) is 5.67. The van der Waals surface area contributed by atoms with Crippen molar-refractivity contribution < 1.29 is 9.72 Å². The van der Waals surface area contributed by atoms with Gasteiger partial charge >= 0.3 is 0 Å². The molecule has 1 amide bonds. The number of aromatic nitrogens is 1. The lowest BCUT2D eigenvalue weighted by atomic mass is 10.1. The molecule has 3 aromatic rings. The molecule has 0 saturated heterocycles. The summed E-state index contributed by atoms with van der Waals surface area (Å²) in [6.07, 6.45) is 0. The molecule has 6 nitrogen and oxygen atoms in total. The fourth-order valence-corrected chi connectivity index (χ4v) is 2.52. The molecule has 0 aliphatic heterocycles. The molecule has 0 unspecified atom stereocenters. The van der Waals surface area contributed by atoms with Crippen molar-refractivity contribution in [1.29, 1.82) is 0 Å². The molecule has 120 valence electrons. The number of anilines is 1. The quantitative estimate of drug-likeness (QED) is 0.566. The van der Waals surface area contributed by atoms with Gasteiger partial charge in [0.2, 0.25) is 0 Å². The summed E-state index contributed by atoms with van der Waals surface area (Å²) < 4.78 is 0. The summed E-state index contributed by atoms with van der Waals surface area (Å²) in [4.78, 5) is 27.2. The van der Waals surface area contributed by atoms with Gasteiger partial charge in [0.1, 0.15) is 5.56 Å². The number of benzene rings is 2. The topological polar surface area (TPSA) is 85.1 Å². The van der Waals surface area contributed by atoms with Gasteiger partial charge < -0.3 is 5.32 Å². The third-order valence-corrected chi connectivity index (χ3v) is 3.72. The van der Waals surface area contributed by atoms with Crippen molar-refractivity contribution in [1.82, 2.24) is 4.98 Å². The second kappa shape index (κ2) is 6.25. The number of rotatable bonds is 3. The molecule has 24 heavy (non-hydrogen) atoms. The zero-order chi connectivity index (χ0) is 17.3. The number of halogens is 1. The van der Waals surface area contributed by atoms with Crippen molar-refractivity contribution in [3.05, 3.63) is 74.9 Å². The standard InChI is InChI=1S/C17H12ClN3O3/c1-10-2-3-11-8-13(5-7-15(11)19-10)20-17(22)14-6-4-12(18)9-16(14)21(23)24/h2-9H,1H3,(H,20,22). The van der Waals surface area contributed by atoms with Crippen LogP contribution in [-0.4, -0.2) is 15.8 Å². The van der Waals surface area contributed by atoms with E-state index < -0.39 is 10.8 Å². The molecule has 1 aromatic heterocycles.